The fraction of sp³-hybridized carbons (Fsp3) is 0.625. The number of alkyl halides is 3. The van der Waals surface area contributed by atoms with Gasteiger partial charge in [-0.05, 0) is 56.8 Å². The predicted molar refractivity (Wildman–Crippen MR) is 85.6 cm³/mol. The molecule has 4 rings (SSSR count). The van der Waals surface area contributed by atoms with E-state index in [9.17, 15) is 13.2 Å². The minimum absolute atomic E-state index is 0.0705. The third kappa shape index (κ3) is 3.12. The SMILES string of the molecule is C[C@H](Oc1cccn2nc(N[C@@H]3[C@@H]4CC[C@H]3CNC4)nc12)C(F)(F)F. The first-order valence-corrected chi connectivity index (χ1v) is 8.48. The van der Waals surface area contributed by atoms with E-state index in [1.165, 1.54) is 23.4 Å². The van der Waals surface area contributed by atoms with Crippen LogP contribution in [0.25, 0.3) is 5.65 Å². The summed E-state index contributed by atoms with van der Waals surface area (Å²) in [7, 11) is 0. The number of piperidine rings is 1. The van der Waals surface area contributed by atoms with Gasteiger partial charge >= 0.3 is 6.18 Å². The van der Waals surface area contributed by atoms with E-state index >= 15 is 0 Å². The molecule has 0 spiro atoms. The van der Waals surface area contributed by atoms with Crippen molar-refractivity contribution in [2.45, 2.75) is 38.1 Å². The molecule has 1 saturated heterocycles. The second-order valence-corrected chi connectivity index (χ2v) is 6.80. The molecule has 3 heterocycles. The van der Waals surface area contributed by atoms with Crippen LogP contribution in [0.3, 0.4) is 0 Å². The van der Waals surface area contributed by atoms with Crippen LogP contribution in [0.5, 0.6) is 5.75 Å². The Morgan fingerprint density at radius 1 is 1.32 bits per heavy atom. The van der Waals surface area contributed by atoms with Crippen molar-refractivity contribution in [3.63, 3.8) is 0 Å². The first kappa shape index (κ1) is 16.4. The highest BCUT2D eigenvalue weighted by molar-refractivity contribution is 5.56. The number of nitrogens with one attached hydrogen (secondary N) is 2. The van der Waals surface area contributed by atoms with Gasteiger partial charge in [0.25, 0.3) is 0 Å². The van der Waals surface area contributed by atoms with Crippen molar-refractivity contribution in [3.8, 4) is 5.75 Å². The summed E-state index contributed by atoms with van der Waals surface area (Å²) in [5.41, 5.74) is 0.280. The first-order chi connectivity index (χ1) is 11.9. The van der Waals surface area contributed by atoms with E-state index < -0.39 is 12.3 Å². The zero-order chi connectivity index (χ0) is 17.6. The number of anilines is 1. The molecule has 2 fully saturated rings. The van der Waals surface area contributed by atoms with Gasteiger partial charge in [0.05, 0.1) is 0 Å². The molecule has 0 amide bonds. The highest BCUT2D eigenvalue weighted by atomic mass is 19.4. The van der Waals surface area contributed by atoms with Gasteiger partial charge in [-0.1, -0.05) is 0 Å². The molecule has 25 heavy (non-hydrogen) atoms. The van der Waals surface area contributed by atoms with E-state index in [-0.39, 0.29) is 11.4 Å². The molecule has 6 nitrogen and oxygen atoms in total. The number of nitrogens with zero attached hydrogens (tertiary/aromatic N) is 3. The monoisotopic (exact) mass is 355 g/mol. The molecule has 2 N–H and O–H groups in total. The van der Waals surface area contributed by atoms with Crippen LogP contribution >= 0.6 is 0 Å². The van der Waals surface area contributed by atoms with E-state index in [0.29, 0.717) is 23.8 Å². The normalized spacial score (nSPS) is 27.4. The number of halogens is 3. The lowest BCUT2D eigenvalue weighted by Crippen LogP contribution is -2.45. The summed E-state index contributed by atoms with van der Waals surface area (Å²) in [5, 5.41) is 11.2. The third-order valence-corrected chi connectivity index (χ3v) is 5.12. The van der Waals surface area contributed by atoms with Crippen LogP contribution in [-0.4, -0.2) is 46.0 Å². The van der Waals surface area contributed by atoms with Crippen LogP contribution < -0.4 is 15.4 Å². The molecule has 2 bridgehead atoms. The molecule has 0 aromatic carbocycles. The number of fused-ring (bicyclic) bond motifs is 3. The molecule has 1 aliphatic carbocycles. The maximum atomic E-state index is 12.8. The topological polar surface area (TPSA) is 63.5 Å². The predicted octanol–water partition coefficient (Wildman–Crippen LogP) is 2.47. The zero-order valence-corrected chi connectivity index (χ0v) is 13.8. The fourth-order valence-electron chi connectivity index (χ4n) is 3.76. The summed E-state index contributed by atoms with van der Waals surface area (Å²) >= 11 is 0. The van der Waals surface area contributed by atoms with Gasteiger partial charge in [0.2, 0.25) is 5.95 Å². The van der Waals surface area contributed by atoms with Gasteiger partial charge in [-0.25, -0.2) is 4.52 Å². The number of rotatable bonds is 4. The Kier molecular flexibility index (Phi) is 3.98. The Morgan fingerprint density at radius 2 is 2.04 bits per heavy atom. The van der Waals surface area contributed by atoms with Crippen LogP contribution in [0.1, 0.15) is 19.8 Å². The maximum Gasteiger partial charge on any atom is 0.425 e. The van der Waals surface area contributed by atoms with Crippen molar-refractivity contribution >= 4 is 11.6 Å². The molecule has 1 aliphatic heterocycles. The van der Waals surface area contributed by atoms with Crippen molar-refractivity contribution in [2.75, 3.05) is 18.4 Å². The van der Waals surface area contributed by atoms with Gasteiger partial charge in [0.1, 0.15) is 0 Å². The van der Waals surface area contributed by atoms with E-state index in [1.54, 1.807) is 12.3 Å². The Bertz CT molecular complexity index is 746. The lowest BCUT2D eigenvalue weighted by Gasteiger charge is -2.30. The summed E-state index contributed by atoms with van der Waals surface area (Å²) in [6.45, 7) is 2.92. The molecule has 0 unspecified atom stereocenters. The van der Waals surface area contributed by atoms with Gasteiger partial charge < -0.3 is 15.4 Å². The van der Waals surface area contributed by atoms with Gasteiger partial charge in [-0.3, -0.25) is 0 Å². The second-order valence-electron chi connectivity index (χ2n) is 6.80. The average Bonchev–Trinajstić information content (AvgIpc) is 3.04. The number of pyridine rings is 1. The van der Waals surface area contributed by atoms with Crippen molar-refractivity contribution < 1.29 is 17.9 Å². The fourth-order valence-corrected chi connectivity index (χ4v) is 3.76. The summed E-state index contributed by atoms with van der Waals surface area (Å²) in [5.74, 6) is 1.57. The lowest BCUT2D eigenvalue weighted by molar-refractivity contribution is -0.189. The van der Waals surface area contributed by atoms with Crippen LogP contribution in [0.2, 0.25) is 0 Å². The minimum atomic E-state index is -4.43. The average molecular weight is 355 g/mol. The summed E-state index contributed by atoms with van der Waals surface area (Å²) < 4.78 is 44.8. The smallest absolute Gasteiger partial charge is 0.425 e. The minimum Gasteiger partial charge on any atom is -0.477 e. The van der Waals surface area contributed by atoms with E-state index in [1.807, 2.05) is 0 Å². The van der Waals surface area contributed by atoms with Gasteiger partial charge in [-0.15, -0.1) is 5.10 Å². The number of hydrogen-bond donors (Lipinski definition) is 2. The summed E-state index contributed by atoms with van der Waals surface area (Å²) in [6.07, 6.45) is -2.36. The second kappa shape index (κ2) is 6.05. The molecule has 4 atom stereocenters. The van der Waals surface area contributed by atoms with Crippen molar-refractivity contribution in [2.24, 2.45) is 11.8 Å². The van der Waals surface area contributed by atoms with E-state index in [4.69, 9.17) is 4.74 Å². The van der Waals surface area contributed by atoms with E-state index in [0.717, 1.165) is 20.0 Å². The molecule has 2 aromatic rings. The standard InChI is InChI=1S/C16H20F3N5O/c1-9(16(17,18)19)25-12-3-2-6-24-14(12)22-15(23-24)21-13-10-4-5-11(13)8-20-7-10/h2-3,6,9-11,13,20H,4-5,7-8H2,1H3,(H,21,23)/t9-,10-,11+,13-/m0/s1. The molecule has 0 radical (unpaired) electrons. The van der Waals surface area contributed by atoms with Gasteiger partial charge in [0.15, 0.2) is 17.5 Å². The number of ether oxygens (including phenoxy) is 1. The van der Waals surface area contributed by atoms with Crippen LogP contribution in [0.4, 0.5) is 19.1 Å². The van der Waals surface area contributed by atoms with Crippen LogP contribution in [0, 0.1) is 11.8 Å². The van der Waals surface area contributed by atoms with Crippen molar-refractivity contribution in [3.05, 3.63) is 18.3 Å². The number of aromatic nitrogens is 3. The maximum absolute atomic E-state index is 12.8. The molecule has 136 valence electrons. The largest absolute Gasteiger partial charge is 0.477 e. The van der Waals surface area contributed by atoms with Crippen molar-refractivity contribution in [1.29, 1.82) is 0 Å². The lowest BCUT2D eigenvalue weighted by atomic mass is 9.94. The Morgan fingerprint density at radius 3 is 2.72 bits per heavy atom. The highest BCUT2D eigenvalue weighted by Gasteiger charge is 2.40. The van der Waals surface area contributed by atoms with Crippen LogP contribution in [0.15, 0.2) is 18.3 Å². The van der Waals surface area contributed by atoms with Gasteiger partial charge in [0, 0.05) is 12.2 Å². The van der Waals surface area contributed by atoms with Crippen molar-refractivity contribution in [1.82, 2.24) is 19.9 Å². The van der Waals surface area contributed by atoms with Crippen LogP contribution in [-0.2, 0) is 0 Å². The molecular formula is C16H20F3N5O. The molecule has 2 aliphatic rings. The number of hydrogen-bond acceptors (Lipinski definition) is 5. The summed E-state index contributed by atoms with van der Waals surface area (Å²) in [6, 6.07) is 3.37. The molecule has 1 saturated carbocycles. The summed E-state index contributed by atoms with van der Waals surface area (Å²) in [4.78, 5) is 4.37. The molecule has 2 aromatic heterocycles. The zero-order valence-electron chi connectivity index (χ0n) is 13.8. The Hall–Kier alpha value is -2.03. The Labute approximate surface area is 142 Å². The molecular weight excluding hydrogens is 335 g/mol. The van der Waals surface area contributed by atoms with Gasteiger partial charge in [-0.2, -0.15) is 18.2 Å². The Balaban J connectivity index is 1.57. The first-order valence-electron chi connectivity index (χ1n) is 8.48. The highest BCUT2D eigenvalue weighted by Crippen LogP contribution is 2.35. The van der Waals surface area contributed by atoms with E-state index in [2.05, 4.69) is 20.7 Å². The quantitative estimate of drug-likeness (QED) is 0.882. The molecule has 9 heteroatoms. The third-order valence-electron chi connectivity index (χ3n) is 5.12.